The van der Waals surface area contributed by atoms with E-state index < -0.39 is 5.92 Å². The number of quaternary nitrogens is 1. The number of esters is 1. The number of nitrogens with zero attached hydrogens (tertiary/aromatic N) is 1. The van der Waals surface area contributed by atoms with E-state index in [9.17, 15) is 14.7 Å². The third kappa shape index (κ3) is 3.17. The number of benzene rings is 1. The van der Waals surface area contributed by atoms with Crippen LogP contribution in [0.2, 0.25) is 0 Å². The van der Waals surface area contributed by atoms with Gasteiger partial charge in [-0.3, -0.25) is 9.28 Å². The van der Waals surface area contributed by atoms with Gasteiger partial charge in [0.2, 0.25) is 0 Å². The van der Waals surface area contributed by atoms with E-state index in [4.69, 9.17) is 9.47 Å². The Bertz CT molecular complexity index is 718. The van der Waals surface area contributed by atoms with E-state index in [2.05, 4.69) is 6.92 Å². The van der Waals surface area contributed by atoms with Crippen LogP contribution in [0.3, 0.4) is 0 Å². The second-order valence-electron chi connectivity index (χ2n) is 8.52. The van der Waals surface area contributed by atoms with Crippen molar-refractivity contribution in [2.24, 2.45) is 0 Å². The molecule has 0 aromatic heterocycles. The second-order valence-corrected chi connectivity index (χ2v) is 8.52. The number of aliphatic hydroxyl groups excluding tert-OH is 1. The van der Waals surface area contributed by atoms with Gasteiger partial charge < -0.3 is 14.6 Å². The molecular weight excluding hydrogens is 358 g/mol. The van der Waals surface area contributed by atoms with Gasteiger partial charge in [0.05, 0.1) is 20.1 Å². The molecule has 1 aromatic carbocycles. The minimum absolute atomic E-state index is 0.0650. The van der Waals surface area contributed by atoms with Crippen molar-refractivity contribution in [1.82, 2.24) is 0 Å². The number of morpholine rings is 1. The Kier molecular flexibility index (Phi) is 5.29. The number of hydrogen-bond acceptors (Lipinski definition) is 5. The van der Waals surface area contributed by atoms with Crippen molar-refractivity contribution in [3.05, 3.63) is 35.9 Å². The summed E-state index contributed by atoms with van der Waals surface area (Å²) < 4.78 is 12.1. The number of ether oxygens (including phenoxy) is 2. The highest BCUT2D eigenvalue weighted by molar-refractivity contribution is 5.78. The molecule has 3 fully saturated rings. The van der Waals surface area contributed by atoms with E-state index in [1.165, 1.54) is 0 Å². The lowest BCUT2D eigenvalue weighted by atomic mass is 9.94. The number of fused-ring (bicyclic) bond motifs is 5. The van der Waals surface area contributed by atoms with Gasteiger partial charge in [-0.1, -0.05) is 43.7 Å². The average molecular weight is 388 g/mol. The number of aliphatic hydroxyl groups is 1. The highest BCUT2D eigenvalue weighted by Crippen LogP contribution is 2.53. The largest absolute Gasteiger partial charge is 0.461 e. The van der Waals surface area contributed by atoms with Crippen LogP contribution < -0.4 is 0 Å². The lowest BCUT2D eigenvalue weighted by Gasteiger charge is -2.46. The van der Waals surface area contributed by atoms with E-state index in [0.717, 1.165) is 18.4 Å². The van der Waals surface area contributed by atoms with Gasteiger partial charge in [-0.2, -0.15) is 0 Å². The zero-order valence-corrected chi connectivity index (χ0v) is 16.6. The van der Waals surface area contributed by atoms with Crippen molar-refractivity contribution in [1.29, 1.82) is 0 Å². The van der Waals surface area contributed by atoms with Crippen LogP contribution in [0.5, 0.6) is 0 Å². The van der Waals surface area contributed by atoms with Crippen molar-refractivity contribution in [2.75, 3.05) is 13.7 Å². The normalized spacial score (nSPS) is 36.5. The van der Waals surface area contributed by atoms with Gasteiger partial charge in [0, 0.05) is 12.8 Å². The Morgan fingerprint density at radius 2 is 1.86 bits per heavy atom. The summed E-state index contributed by atoms with van der Waals surface area (Å²) in [6, 6.07) is 9.36. The molecule has 5 unspecified atom stereocenters. The van der Waals surface area contributed by atoms with Crippen molar-refractivity contribution >= 4 is 11.9 Å². The Morgan fingerprint density at radius 3 is 2.43 bits per heavy atom. The molecule has 6 nitrogen and oxygen atoms in total. The van der Waals surface area contributed by atoms with Crippen LogP contribution in [0.25, 0.3) is 0 Å². The molecule has 28 heavy (non-hydrogen) atoms. The SMILES string of the molecule is CCCCC(=O)[N+]1(C)C2CC(OC(=O)C(CO)c3ccccc3)CC1C1OC12. The van der Waals surface area contributed by atoms with Crippen LogP contribution >= 0.6 is 0 Å². The molecule has 4 rings (SSSR count). The molecule has 1 aromatic rings. The molecule has 0 aliphatic carbocycles. The molecule has 3 saturated heterocycles. The fraction of sp³-hybridized carbons (Fsp3) is 0.636. The Hall–Kier alpha value is -1.76. The van der Waals surface area contributed by atoms with E-state index >= 15 is 0 Å². The minimum atomic E-state index is -0.668. The molecule has 2 bridgehead atoms. The first-order valence-electron chi connectivity index (χ1n) is 10.4. The first kappa shape index (κ1) is 19.6. The van der Waals surface area contributed by atoms with Crippen LogP contribution in [-0.2, 0) is 19.1 Å². The maximum atomic E-state index is 12.9. The van der Waals surface area contributed by atoms with Gasteiger partial charge in [-0.25, -0.2) is 4.79 Å². The van der Waals surface area contributed by atoms with Crippen LogP contribution in [-0.4, -0.2) is 65.5 Å². The summed E-state index contributed by atoms with van der Waals surface area (Å²) in [6.07, 6.45) is 3.82. The fourth-order valence-electron chi connectivity index (χ4n) is 5.24. The molecule has 0 radical (unpaired) electrons. The molecule has 3 aliphatic heterocycles. The third-order valence-corrected chi connectivity index (χ3v) is 6.94. The first-order chi connectivity index (χ1) is 13.5. The van der Waals surface area contributed by atoms with Gasteiger partial charge >= 0.3 is 11.9 Å². The number of unbranched alkanes of at least 4 members (excludes halogenated alkanes) is 1. The zero-order valence-electron chi connectivity index (χ0n) is 16.6. The predicted octanol–water partition coefficient (Wildman–Crippen LogP) is 2.15. The summed E-state index contributed by atoms with van der Waals surface area (Å²) in [6.45, 7) is 1.82. The van der Waals surface area contributed by atoms with Crippen molar-refractivity contribution in [2.45, 2.75) is 75.3 Å². The lowest BCUT2D eigenvalue weighted by molar-refractivity contribution is -0.886. The molecule has 1 N–H and O–H groups in total. The van der Waals surface area contributed by atoms with Gasteiger partial charge in [0.25, 0.3) is 0 Å². The van der Waals surface area contributed by atoms with E-state index in [1.54, 1.807) is 0 Å². The summed E-state index contributed by atoms with van der Waals surface area (Å²) in [5.41, 5.74) is 0.760. The number of epoxide rings is 1. The van der Waals surface area contributed by atoms with Crippen LogP contribution in [0.15, 0.2) is 30.3 Å². The highest BCUT2D eigenvalue weighted by Gasteiger charge is 2.74. The monoisotopic (exact) mass is 388 g/mol. The van der Waals surface area contributed by atoms with Crippen molar-refractivity contribution in [3.8, 4) is 0 Å². The maximum absolute atomic E-state index is 12.9. The average Bonchev–Trinajstić information content (AvgIpc) is 3.46. The summed E-state index contributed by atoms with van der Waals surface area (Å²) >= 11 is 0. The lowest BCUT2D eigenvalue weighted by Crippen LogP contribution is -2.65. The number of piperidine rings is 1. The highest BCUT2D eigenvalue weighted by atomic mass is 16.6. The van der Waals surface area contributed by atoms with E-state index in [-0.39, 0.29) is 48.9 Å². The van der Waals surface area contributed by atoms with Gasteiger partial charge in [-0.15, -0.1) is 0 Å². The molecule has 0 spiro atoms. The Balaban J connectivity index is 1.44. The zero-order chi connectivity index (χ0) is 19.9. The molecule has 6 heteroatoms. The van der Waals surface area contributed by atoms with Crippen molar-refractivity contribution in [3.63, 3.8) is 0 Å². The fourth-order valence-corrected chi connectivity index (χ4v) is 5.24. The number of likely N-dealkylation sites (N-methyl/N-ethyl adjacent to an activating group) is 1. The smallest absolute Gasteiger partial charge is 0.316 e. The van der Waals surface area contributed by atoms with Crippen LogP contribution in [0, 0.1) is 0 Å². The molecular formula is C22H30NO5+. The summed E-state index contributed by atoms with van der Waals surface area (Å²) in [5.74, 6) is -0.769. The molecule has 152 valence electrons. The molecule has 1 amide bonds. The third-order valence-electron chi connectivity index (χ3n) is 6.94. The number of rotatable bonds is 7. The van der Waals surface area contributed by atoms with E-state index in [1.807, 2.05) is 37.4 Å². The summed E-state index contributed by atoms with van der Waals surface area (Å²) in [4.78, 5) is 25.7. The van der Waals surface area contributed by atoms with Gasteiger partial charge in [-0.05, 0) is 12.0 Å². The summed E-state index contributed by atoms with van der Waals surface area (Å²) in [7, 11) is 2.04. The molecule has 3 aliphatic rings. The number of carbonyl (C=O) groups excluding carboxylic acids is 2. The quantitative estimate of drug-likeness (QED) is 0.440. The minimum Gasteiger partial charge on any atom is -0.461 e. The van der Waals surface area contributed by atoms with Gasteiger partial charge in [0.1, 0.15) is 36.3 Å². The van der Waals surface area contributed by atoms with Crippen LogP contribution in [0.4, 0.5) is 0 Å². The topological polar surface area (TPSA) is 76.1 Å². The predicted molar refractivity (Wildman–Crippen MR) is 102 cm³/mol. The van der Waals surface area contributed by atoms with Gasteiger partial charge in [0.15, 0.2) is 0 Å². The molecule has 3 heterocycles. The standard InChI is InChI=1S/C22H30NO5/c1-3-4-10-19(25)23(2)17-11-15(12-18(23)21-20(17)28-21)27-22(26)16(13-24)14-8-6-5-7-9-14/h5-9,15-18,20-21,24H,3-4,10-13H2,1-2H3/q+1. The number of carbonyl (C=O) groups is 2. The molecule has 0 saturated carbocycles. The maximum Gasteiger partial charge on any atom is 0.316 e. The Labute approximate surface area is 166 Å². The van der Waals surface area contributed by atoms with E-state index in [0.29, 0.717) is 23.7 Å². The number of hydrogen-bond donors (Lipinski definition) is 1. The summed E-state index contributed by atoms with van der Waals surface area (Å²) in [5, 5.41) is 9.71. The first-order valence-corrected chi connectivity index (χ1v) is 10.4. The molecule has 5 atom stereocenters. The second kappa shape index (κ2) is 7.58. The Morgan fingerprint density at radius 1 is 1.21 bits per heavy atom. The number of amides is 1. The van der Waals surface area contributed by atoms with Crippen molar-refractivity contribution < 1.29 is 28.7 Å². The van der Waals surface area contributed by atoms with Crippen LogP contribution in [0.1, 0.15) is 50.5 Å².